The molecular weight excluding hydrogens is 316 g/mol. The molecule has 1 fully saturated rings. The number of carbonyl (C=O) groups is 1. The van der Waals surface area contributed by atoms with Gasteiger partial charge in [0.2, 0.25) is 5.91 Å². The summed E-state index contributed by atoms with van der Waals surface area (Å²) in [6.45, 7) is 3.60. The van der Waals surface area contributed by atoms with E-state index in [2.05, 4.69) is 25.5 Å². The number of aromatic nitrogens is 4. The molecule has 1 aliphatic rings. The zero-order valence-electron chi connectivity index (χ0n) is 15.1. The molecule has 2 aromatic rings. The number of hydrogen-bond acceptors (Lipinski definition) is 5. The highest BCUT2D eigenvalue weighted by Crippen LogP contribution is 2.29. The molecule has 0 unspecified atom stereocenters. The number of H-pyrrole nitrogens is 1. The quantitative estimate of drug-likeness (QED) is 0.872. The summed E-state index contributed by atoms with van der Waals surface area (Å²) in [6.07, 6.45) is 7.02. The lowest BCUT2D eigenvalue weighted by Crippen LogP contribution is -2.38. The van der Waals surface area contributed by atoms with Crippen LogP contribution in [0.5, 0.6) is 0 Å². The van der Waals surface area contributed by atoms with Crippen molar-refractivity contribution in [1.29, 1.82) is 0 Å². The van der Waals surface area contributed by atoms with Gasteiger partial charge in [0.15, 0.2) is 5.82 Å². The molecule has 3 rings (SSSR count). The van der Waals surface area contributed by atoms with Crippen molar-refractivity contribution in [1.82, 2.24) is 25.1 Å². The van der Waals surface area contributed by atoms with Crippen LogP contribution in [0.4, 0.5) is 11.6 Å². The Bertz CT molecular complexity index is 720. The maximum absolute atomic E-state index is 11.5. The number of nitrogens with one attached hydrogen (secondary N) is 2. The second kappa shape index (κ2) is 7.63. The van der Waals surface area contributed by atoms with E-state index in [-0.39, 0.29) is 5.91 Å². The Morgan fingerprint density at radius 1 is 1.32 bits per heavy atom. The molecular formula is C18H26N6O. The first-order valence-corrected chi connectivity index (χ1v) is 8.85. The molecule has 7 heteroatoms. The van der Waals surface area contributed by atoms with Crippen LogP contribution in [-0.4, -0.2) is 44.1 Å². The van der Waals surface area contributed by atoms with Crippen molar-refractivity contribution in [3.63, 3.8) is 0 Å². The molecule has 134 valence electrons. The fourth-order valence-electron chi connectivity index (χ4n) is 3.43. The monoisotopic (exact) mass is 342 g/mol. The average Bonchev–Trinajstić information content (AvgIpc) is 3.00. The van der Waals surface area contributed by atoms with Gasteiger partial charge >= 0.3 is 0 Å². The molecule has 2 aromatic heterocycles. The highest BCUT2D eigenvalue weighted by Gasteiger charge is 2.25. The van der Waals surface area contributed by atoms with E-state index in [1.165, 1.54) is 0 Å². The summed E-state index contributed by atoms with van der Waals surface area (Å²) < 4.78 is 0. The lowest BCUT2D eigenvalue weighted by Gasteiger charge is -2.34. The predicted molar refractivity (Wildman–Crippen MR) is 96.5 cm³/mol. The molecule has 1 amide bonds. The number of rotatable bonds is 5. The van der Waals surface area contributed by atoms with Crippen molar-refractivity contribution in [2.24, 2.45) is 5.92 Å². The first-order valence-electron chi connectivity index (χ1n) is 8.85. The molecule has 0 aliphatic heterocycles. The summed E-state index contributed by atoms with van der Waals surface area (Å²) in [4.78, 5) is 22.4. The highest BCUT2D eigenvalue weighted by atomic mass is 16.2. The largest absolute Gasteiger partial charge is 0.343 e. The fraction of sp³-hybridized carbons (Fsp3) is 0.556. The van der Waals surface area contributed by atoms with Crippen LogP contribution in [0.3, 0.4) is 0 Å². The van der Waals surface area contributed by atoms with Crippen LogP contribution in [0.2, 0.25) is 0 Å². The van der Waals surface area contributed by atoms with Crippen molar-refractivity contribution in [3.05, 3.63) is 29.8 Å². The second-order valence-electron chi connectivity index (χ2n) is 6.93. The summed E-state index contributed by atoms with van der Waals surface area (Å²) >= 11 is 0. The number of aryl methyl sites for hydroxylation is 1. The van der Waals surface area contributed by atoms with E-state index >= 15 is 0 Å². The Kier molecular flexibility index (Phi) is 5.31. The second-order valence-corrected chi connectivity index (χ2v) is 6.93. The third-order valence-electron chi connectivity index (χ3n) is 5.00. The third kappa shape index (κ3) is 4.55. The lowest BCUT2D eigenvalue weighted by atomic mass is 9.83. The zero-order chi connectivity index (χ0) is 17.8. The topological polar surface area (TPSA) is 86.8 Å². The van der Waals surface area contributed by atoms with Gasteiger partial charge in [-0.25, -0.2) is 9.97 Å². The van der Waals surface area contributed by atoms with Gasteiger partial charge in [0.25, 0.3) is 0 Å². The minimum absolute atomic E-state index is 0.152. The number of amides is 1. The molecule has 2 heterocycles. The average molecular weight is 342 g/mol. The van der Waals surface area contributed by atoms with Crippen molar-refractivity contribution in [3.8, 4) is 0 Å². The molecule has 0 radical (unpaired) electrons. The van der Waals surface area contributed by atoms with Crippen molar-refractivity contribution in [2.75, 3.05) is 12.4 Å². The van der Waals surface area contributed by atoms with Gasteiger partial charge in [-0.3, -0.25) is 9.89 Å². The summed E-state index contributed by atoms with van der Waals surface area (Å²) in [5.41, 5.74) is 1.00. The number of anilines is 2. The van der Waals surface area contributed by atoms with Crippen LogP contribution < -0.4 is 5.32 Å². The van der Waals surface area contributed by atoms with Crippen molar-refractivity contribution < 1.29 is 4.79 Å². The van der Waals surface area contributed by atoms with E-state index in [0.717, 1.165) is 55.3 Å². The fourth-order valence-corrected chi connectivity index (χ4v) is 3.43. The van der Waals surface area contributed by atoms with Gasteiger partial charge in [0.1, 0.15) is 11.6 Å². The van der Waals surface area contributed by atoms with Gasteiger partial charge in [0, 0.05) is 44.4 Å². The van der Waals surface area contributed by atoms with Crippen LogP contribution in [0.15, 0.2) is 18.3 Å². The van der Waals surface area contributed by atoms with E-state index < -0.39 is 0 Å². The number of aromatic amines is 1. The molecule has 0 spiro atoms. The normalized spacial score (nSPS) is 20.3. The van der Waals surface area contributed by atoms with Crippen LogP contribution >= 0.6 is 0 Å². The summed E-state index contributed by atoms with van der Waals surface area (Å²) in [7, 11) is 1.91. The van der Waals surface area contributed by atoms with Gasteiger partial charge < -0.3 is 10.2 Å². The molecule has 0 saturated heterocycles. The molecule has 7 nitrogen and oxygen atoms in total. The number of nitrogens with zero attached hydrogens (tertiary/aromatic N) is 4. The van der Waals surface area contributed by atoms with Gasteiger partial charge in [-0.1, -0.05) is 0 Å². The van der Waals surface area contributed by atoms with Crippen LogP contribution in [0, 0.1) is 12.8 Å². The van der Waals surface area contributed by atoms with Crippen LogP contribution in [-0.2, 0) is 11.2 Å². The smallest absolute Gasteiger partial charge is 0.219 e. The molecule has 1 aliphatic carbocycles. The predicted octanol–water partition coefficient (Wildman–Crippen LogP) is 2.83. The van der Waals surface area contributed by atoms with Gasteiger partial charge in [-0.15, -0.1) is 0 Å². The minimum Gasteiger partial charge on any atom is -0.343 e. The SMILES string of the molecule is CC(=O)N(C)C1CCC(Cc2nccc(Nc3cc(C)[nH]n3)n2)CC1. The van der Waals surface area contributed by atoms with Crippen molar-refractivity contribution >= 4 is 17.5 Å². The van der Waals surface area contributed by atoms with Gasteiger partial charge in [0.05, 0.1) is 0 Å². The third-order valence-corrected chi connectivity index (χ3v) is 5.00. The Hall–Kier alpha value is -2.44. The molecule has 0 bridgehead atoms. The Balaban J connectivity index is 1.55. The summed E-state index contributed by atoms with van der Waals surface area (Å²) in [5, 5.41) is 10.3. The first-order chi connectivity index (χ1) is 12.0. The van der Waals surface area contributed by atoms with E-state index in [9.17, 15) is 4.79 Å². The molecule has 0 aromatic carbocycles. The van der Waals surface area contributed by atoms with Crippen LogP contribution in [0.25, 0.3) is 0 Å². The van der Waals surface area contributed by atoms with E-state index in [1.807, 2.05) is 31.0 Å². The minimum atomic E-state index is 0.152. The number of hydrogen-bond donors (Lipinski definition) is 2. The lowest BCUT2D eigenvalue weighted by molar-refractivity contribution is -0.130. The van der Waals surface area contributed by atoms with Gasteiger partial charge in [-0.2, -0.15) is 5.10 Å². The number of carbonyl (C=O) groups excluding carboxylic acids is 1. The van der Waals surface area contributed by atoms with E-state index in [1.54, 1.807) is 13.1 Å². The molecule has 25 heavy (non-hydrogen) atoms. The molecule has 2 N–H and O–H groups in total. The highest BCUT2D eigenvalue weighted by molar-refractivity contribution is 5.73. The van der Waals surface area contributed by atoms with Gasteiger partial charge in [-0.05, 0) is 44.6 Å². The summed E-state index contributed by atoms with van der Waals surface area (Å²) in [5.74, 6) is 3.12. The summed E-state index contributed by atoms with van der Waals surface area (Å²) in [6, 6.07) is 4.17. The first kappa shape index (κ1) is 17.4. The standard InChI is InChI=1S/C18H26N6O/c1-12-10-18(23-22-12)21-16-8-9-19-17(20-16)11-14-4-6-15(7-5-14)24(3)13(2)25/h8-10,14-15H,4-7,11H2,1-3H3,(H2,19,20,21,22,23). The van der Waals surface area contributed by atoms with Crippen LogP contribution in [0.1, 0.15) is 44.1 Å². The Labute approximate surface area is 148 Å². The Morgan fingerprint density at radius 2 is 2.08 bits per heavy atom. The maximum atomic E-state index is 11.5. The van der Waals surface area contributed by atoms with Crippen molar-refractivity contribution in [2.45, 2.75) is 52.0 Å². The van der Waals surface area contributed by atoms with E-state index in [4.69, 9.17) is 0 Å². The Morgan fingerprint density at radius 3 is 2.72 bits per heavy atom. The maximum Gasteiger partial charge on any atom is 0.219 e. The molecule has 0 atom stereocenters. The molecule has 1 saturated carbocycles. The van der Waals surface area contributed by atoms with E-state index in [0.29, 0.717) is 12.0 Å². The zero-order valence-corrected chi connectivity index (χ0v) is 15.1.